The third-order valence-corrected chi connectivity index (χ3v) is 8.27. The van der Waals surface area contributed by atoms with Crippen LogP contribution >= 0.6 is 0 Å². The van der Waals surface area contributed by atoms with Crippen molar-refractivity contribution >= 4 is 11.8 Å². The summed E-state index contributed by atoms with van der Waals surface area (Å²) in [5, 5.41) is 0. The fraction of sp³-hybridized carbons (Fsp3) is 0.739. The summed E-state index contributed by atoms with van der Waals surface area (Å²) in [6.07, 6.45) is 12.5. The van der Waals surface area contributed by atoms with Crippen LogP contribution in [-0.2, 0) is 14.3 Å². The van der Waals surface area contributed by atoms with E-state index < -0.39 is 0 Å². The van der Waals surface area contributed by atoms with E-state index in [1.54, 1.807) is 12.5 Å². The van der Waals surface area contributed by atoms with E-state index in [1.807, 2.05) is 0 Å². The van der Waals surface area contributed by atoms with E-state index in [9.17, 15) is 9.59 Å². The predicted molar refractivity (Wildman–Crippen MR) is 101 cm³/mol. The Balaban J connectivity index is 1.60. The third-order valence-electron chi connectivity index (χ3n) is 8.27. The first-order valence-electron chi connectivity index (χ1n) is 10.3. The third kappa shape index (κ3) is 2.53. The number of Topliss-reactive ketones (excluding diaryl/α,β-unsaturated/α-hetero) is 1. The van der Waals surface area contributed by atoms with E-state index in [0.29, 0.717) is 17.8 Å². The second-order valence-electron chi connectivity index (χ2n) is 9.60. The van der Waals surface area contributed by atoms with Gasteiger partial charge in [-0.2, -0.15) is 0 Å². The highest BCUT2D eigenvalue weighted by Crippen LogP contribution is 2.64. The molecule has 0 amide bonds. The van der Waals surface area contributed by atoms with Gasteiger partial charge in [-0.3, -0.25) is 9.59 Å². The van der Waals surface area contributed by atoms with Crippen LogP contribution in [0.4, 0.5) is 0 Å². The molecule has 3 heteroatoms. The molecule has 26 heavy (non-hydrogen) atoms. The summed E-state index contributed by atoms with van der Waals surface area (Å²) in [5.41, 5.74) is 3.03. The Labute approximate surface area is 157 Å². The summed E-state index contributed by atoms with van der Waals surface area (Å²) in [7, 11) is 0. The van der Waals surface area contributed by atoms with Crippen molar-refractivity contribution in [1.82, 2.24) is 0 Å². The molecular weight excluding hydrogens is 324 g/mol. The smallest absolute Gasteiger partial charge is 0.302 e. The van der Waals surface area contributed by atoms with Crippen LogP contribution in [-0.4, -0.2) is 17.9 Å². The molecular formula is C23H32O3. The fourth-order valence-corrected chi connectivity index (χ4v) is 6.96. The summed E-state index contributed by atoms with van der Waals surface area (Å²) >= 11 is 0. The van der Waals surface area contributed by atoms with Crippen LogP contribution in [0.2, 0.25) is 0 Å². The number of fused-ring (bicyclic) bond motifs is 5. The molecule has 3 nitrogen and oxygen atoms in total. The summed E-state index contributed by atoms with van der Waals surface area (Å²) in [6.45, 7) is 8.02. The number of hydrogen-bond donors (Lipinski definition) is 0. The van der Waals surface area contributed by atoms with Crippen molar-refractivity contribution in [2.45, 2.75) is 78.7 Å². The molecule has 0 heterocycles. The quantitative estimate of drug-likeness (QED) is 0.516. The Hall–Kier alpha value is -1.38. The van der Waals surface area contributed by atoms with Crippen LogP contribution in [0, 0.1) is 28.6 Å². The van der Waals surface area contributed by atoms with Crippen molar-refractivity contribution in [2.24, 2.45) is 28.6 Å². The van der Waals surface area contributed by atoms with Crippen molar-refractivity contribution in [2.75, 3.05) is 0 Å². The molecule has 0 unspecified atom stereocenters. The zero-order valence-corrected chi connectivity index (χ0v) is 16.6. The lowest BCUT2D eigenvalue weighted by Crippen LogP contribution is -2.48. The van der Waals surface area contributed by atoms with Crippen LogP contribution in [0.5, 0.6) is 0 Å². The second kappa shape index (κ2) is 6.07. The van der Waals surface area contributed by atoms with Gasteiger partial charge >= 0.3 is 5.97 Å². The highest BCUT2D eigenvalue weighted by Gasteiger charge is 2.56. The SMILES string of the molecule is CC(=O)O[C@H]1CC[C@]2(C)C3=CC[C@]4(C)C(C(C)=O)=CC[C@H]4[C@@H]3CC[C@H]2C1. The van der Waals surface area contributed by atoms with Crippen molar-refractivity contribution in [3.63, 3.8) is 0 Å². The number of esters is 1. The molecule has 0 N–H and O–H groups in total. The first-order chi connectivity index (χ1) is 12.3. The molecule has 6 atom stereocenters. The normalized spacial score (nSPS) is 44.2. The molecule has 4 aliphatic rings. The van der Waals surface area contributed by atoms with E-state index in [0.717, 1.165) is 37.7 Å². The van der Waals surface area contributed by atoms with Crippen molar-refractivity contribution < 1.29 is 14.3 Å². The van der Waals surface area contributed by atoms with Gasteiger partial charge in [0.25, 0.3) is 0 Å². The molecule has 0 bridgehead atoms. The fourth-order valence-electron chi connectivity index (χ4n) is 6.96. The maximum absolute atomic E-state index is 12.2. The van der Waals surface area contributed by atoms with E-state index >= 15 is 0 Å². The second-order valence-corrected chi connectivity index (χ2v) is 9.60. The molecule has 0 aliphatic heterocycles. The molecule has 4 rings (SSSR count). The Morgan fingerprint density at radius 1 is 1.08 bits per heavy atom. The highest BCUT2D eigenvalue weighted by molar-refractivity contribution is 5.95. The summed E-state index contributed by atoms with van der Waals surface area (Å²) in [4.78, 5) is 23.5. The first-order valence-corrected chi connectivity index (χ1v) is 10.3. The number of rotatable bonds is 2. The average Bonchev–Trinajstić information content (AvgIpc) is 2.92. The van der Waals surface area contributed by atoms with Crippen LogP contribution < -0.4 is 0 Å². The predicted octanol–water partition coefficient (Wildman–Crippen LogP) is 5.01. The van der Waals surface area contributed by atoms with Gasteiger partial charge in [0, 0.05) is 12.3 Å². The number of allylic oxidation sites excluding steroid dienone is 4. The van der Waals surface area contributed by atoms with E-state index in [-0.39, 0.29) is 28.7 Å². The van der Waals surface area contributed by atoms with E-state index in [1.165, 1.54) is 19.8 Å². The number of carbonyl (C=O) groups excluding carboxylic acids is 2. The molecule has 4 aliphatic carbocycles. The Morgan fingerprint density at radius 3 is 2.54 bits per heavy atom. The van der Waals surface area contributed by atoms with Gasteiger partial charge in [-0.05, 0) is 80.6 Å². The van der Waals surface area contributed by atoms with Gasteiger partial charge in [0.1, 0.15) is 6.10 Å². The molecule has 0 aromatic carbocycles. The minimum absolute atomic E-state index is 0.0398. The number of ether oxygens (including phenoxy) is 1. The van der Waals surface area contributed by atoms with Crippen LogP contribution in [0.3, 0.4) is 0 Å². The molecule has 0 aromatic heterocycles. The molecule has 0 radical (unpaired) electrons. The van der Waals surface area contributed by atoms with Crippen LogP contribution in [0.1, 0.15) is 72.6 Å². The highest BCUT2D eigenvalue weighted by atomic mass is 16.5. The Morgan fingerprint density at radius 2 is 1.85 bits per heavy atom. The van der Waals surface area contributed by atoms with Crippen molar-refractivity contribution in [1.29, 1.82) is 0 Å². The minimum Gasteiger partial charge on any atom is -0.463 e. The topological polar surface area (TPSA) is 43.4 Å². The Kier molecular flexibility index (Phi) is 4.20. The zero-order valence-electron chi connectivity index (χ0n) is 16.6. The number of ketones is 1. The van der Waals surface area contributed by atoms with Crippen LogP contribution in [0.15, 0.2) is 23.3 Å². The van der Waals surface area contributed by atoms with Crippen molar-refractivity contribution in [3.05, 3.63) is 23.3 Å². The van der Waals surface area contributed by atoms with Crippen LogP contribution in [0.25, 0.3) is 0 Å². The van der Waals surface area contributed by atoms with Gasteiger partial charge < -0.3 is 4.74 Å². The number of hydrogen-bond acceptors (Lipinski definition) is 3. The largest absolute Gasteiger partial charge is 0.463 e. The first kappa shape index (κ1) is 18.0. The van der Waals surface area contributed by atoms with Gasteiger partial charge in [-0.15, -0.1) is 0 Å². The lowest BCUT2D eigenvalue weighted by atomic mass is 9.48. The lowest BCUT2D eigenvalue weighted by molar-refractivity contribution is -0.151. The summed E-state index contributed by atoms with van der Waals surface area (Å²) < 4.78 is 5.54. The molecule has 2 fully saturated rings. The average molecular weight is 357 g/mol. The molecule has 142 valence electrons. The molecule has 0 spiro atoms. The summed E-state index contributed by atoms with van der Waals surface area (Å²) in [6, 6.07) is 0. The van der Waals surface area contributed by atoms with Gasteiger partial charge in [0.05, 0.1) is 0 Å². The van der Waals surface area contributed by atoms with Gasteiger partial charge in [-0.25, -0.2) is 0 Å². The summed E-state index contributed by atoms with van der Waals surface area (Å²) in [5.74, 6) is 1.94. The molecule has 0 saturated heterocycles. The lowest BCUT2D eigenvalue weighted by Gasteiger charge is -2.56. The van der Waals surface area contributed by atoms with Gasteiger partial charge in [-0.1, -0.05) is 31.6 Å². The zero-order chi connectivity index (χ0) is 18.7. The minimum atomic E-state index is -0.145. The molecule has 0 aromatic rings. The van der Waals surface area contributed by atoms with E-state index in [4.69, 9.17) is 4.74 Å². The van der Waals surface area contributed by atoms with Gasteiger partial charge in [0.2, 0.25) is 0 Å². The number of carbonyl (C=O) groups is 2. The van der Waals surface area contributed by atoms with Gasteiger partial charge in [0.15, 0.2) is 5.78 Å². The van der Waals surface area contributed by atoms with Crippen molar-refractivity contribution in [3.8, 4) is 0 Å². The maximum atomic E-state index is 12.2. The Bertz CT molecular complexity index is 702. The monoisotopic (exact) mass is 356 g/mol. The standard InChI is InChI=1S/C23H32O3/c1-14(24)19-7-8-20-18-6-5-16-13-17(26-15(2)25)9-11-22(16,3)21(18)10-12-23(19,20)4/h7,10,16-18,20H,5-6,8-9,11-13H2,1-4H3/t16-,17-,18-,20-,22-,23+/m0/s1. The maximum Gasteiger partial charge on any atom is 0.302 e. The molecule has 2 saturated carbocycles. The van der Waals surface area contributed by atoms with E-state index in [2.05, 4.69) is 26.0 Å².